The number of rotatable bonds is 5. The molecule has 0 aromatic carbocycles. The van der Waals surface area contributed by atoms with Gasteiger partial charge in [-0.1, -0.05) is 0 Å². The monoisotopic (exact) mass is 346 g/mol. The van der Waals surface area contributed by atoms with Gasteiger partial charge in [0.15, 0.2) is 5.13 Å². The summed E-state index contributed by atoms with van der Waals surface area (Å²) in [6, 6.07) is -0.0346. The second kappa shape index (κ2) is 7.02. The number of likely N-dealkylation sites (tertiary alicyclic amines) is 1. The molecule has 0 aliphatic carbocycles. The van der Waals surface area contributed by atoms with Crippen molar-refractivity contribution in [2.45, 2.75) is 25.8 Å². The molecule has 126 valence electrons. The van der Waals surface area contributed by atoms with Crippen LogP contribution in [0, 0.1) is 6.92 Å². The second-order valence-electron chi connectivity index (χ2n) is 5.61. The van der Waals surface area contributed by atoms with Crippen molar-refractivity contribution in [1.29, 1.82) is 0 Å². The van der Waals surface area contributed by atoms with Crippen molar-refractivity contribution < 1.29 is 9.59 Å². The van der Waals surface area contributed by atoms with Gasteiger partial charge in [-0.25, -0.2) is 15.0 Å². The van der Waals surface area contributed by atoms with Gasteiger partial charge in [0.05, 0.1) is 23.8 Å². The van der Waals surface area contributed by atoms with Gasteiger partial charge >= 0.3 is 0 Å². The molecule has 0 bridgehead atoms. The largest absolute Gasteiger partial charge is 0.365 e. The summed E-state index contributed by atoms with van der Waals surface area (Å²) in [4.78, 5) is 38.2. The molecule has 2 amide bonds. The van der Waals surface area contributed by atoms with Crippen molar-refractivity contribution in [1.82, 2.24) is 19.9 Å². The number of nitrogens with two attached hydrogens (primary N) is 1. The predicted molar refractivity (Wildman–Crippen MR) is 89.6 cm³/mol. The van der Waals surface area contributed by atoms with E-state index in [1.807, 2.05) is 10.3 Å². The van der Waals surface area contributed by atoms with Gasteiger partial charge in [-0.2, -0.15) is 0 Å². The first-order chi connectivity index (χ1) is 11.5. The Morgan fingerprint density at radius 1 is 1.46 bits per heavy atom. The summed E-state index contributed by atoms with van der Waals surface area (Å²) >= 11 is 1.38. The molecule has 0 saturated carbocycles. The third-order valence-electron chi connectivity index (χ3n) is 3.95. The lowest BCUT2D eigenvalue weighted by Crippen LogP contribution is -2.33. The number of nitrogens with one attached hydrogen (secondary N) is 1. The molecule has 3 rings (SSSR count). The van der Waals surface area contributed by atoms with E-state index < -0.39 is 5.91 Å². The quantitative estimate of drug-likeness (QED) is 0.838. The molecule has 0 unspecified atom stereocenters. The van der Waals surface area contributed by atoms with E-state index in [0.717, 1.165) is 19.4 Å². The van der Waals surface area contributed by atoms with Crippen LogP contribution in [-0.2, 0) is 4.79 Å². The minimum atomic E-state index is -0.537. The van der Waals surface area contributed by atoms with Crippen molar-refractivity contribution >= 4 is 28.3 Å². The maximum absolute atomic E-state index is 12.2. The number of hydrogen-bond acceptors (Lipinski definition) is 7. The van der Waals surface area contributed by atoms with E-state index in [2.05, 4.69) is 20.3 Å². The molecule has 1 saturated heterocycles. The molecule has 1 atom stereocenters. The van der Waals surface area contributed by atoms with Crippen LogP contribution in [-0.4, -0.2) is 44.8 Å². The fourth-order valence-electron chi connectivity index (χ4n) is 2.82. The average molecular weight is 346 g/mol. The molecular weight excluding hydrogens is 328 g/mol. The maximum Gasteiger partial charge on any atom is 0.252 e. The highest BCUT2D eigenvalue weighted by atomic mass is 32.1. The number of primary amides is 1. The van der Waals surface area contributed by atoms with Crippen LogP contribution in [0.2, 0.25) is 0 Å². The second-order valence-corrected chi connectivity index (χ2v) is 6.50. The average Bonchev–Trinajstić information content (AvgIpc) is 3.18. The Bertz CT molecular complexity index is 748. The van der Waals surface area contributed by atoms with Crippen molar-refractivity contribution in [2.75, 3.05) is 18.4 Å². The van der Waals surface area contributed by atoms with Gasteiger partial charge in [-0.05, 0) is 26.3 Å². The zero-order valence-corrected chi connectivity index (χ0v) is 14.0. The number of anilines is 1. The van der Waals surface area contributed by atoms with Gasteiger partial charge in [0.25, 0.3) is 5.91 Å². The van der Waals surface area contributed by atoms with Gasteiger partial charge < -0.3 is 11.1 Å². The fourth-order valence-corrected chi connectivity index (χ4v) is 3.37. The van der Waals surface area contributed by atoms with Crippen LogP contribution in [0.1, 0.15) is 40.8 Å². The normalized spacial score (nSPS) is 17.8. The van der Waals surface area contributed by atoms with E-state index in [1.54, 1.807) is 13.1 Å². The molecular formula is C15H18N6O2S. The molecule has 0 spiro atoms. The number of aryl methyl sites for hydroxylation is 1. The number of carbonyl (C=O) groups is 2. The molecule has 8 nitrogen and oxygen atoms in total. The number of thiazole rings is 1. The summed E-state index contributed by atoms with van der Waals surface area (Å²) < 4.78 is 0. The molecule has 0 radical (unpaired) electrons. The molecule has 1 aliphatic heterocycles. The number of hydrogen-bond donors (Lipinski definition) is 2. The molecule has 2 aromatic heterocycles. The lowest BCUT2D eigenvalue weighted by molar-refractivity contribution is -0.117. The van der Waals surface area contributed by atoms with E-state index in [4.69, 9.17) is 5.73 Å². The smallest absolute Gasteiger partial charge is 0.252 e. The van der Waals surface area contributed by atoms with E-state index in [0.29, 0.717) is 22.2 Å². The highest BCUT2D eigenvalue weighted by Gasteiger charge is 2.30. The van der Waals surface area contributed by atoms with Crippen molar-refractivity contribution in [3.8, 4) is 0 Å². The van der Waals surface area contributed by atoms with Crippen LogP contribution in [0.25, 0.3) is 0 Å². The minimum absolute atomic E-state index is 0.0346. The first-order valence-electron chi connectivity index (χ1n) is 7.61. The van der Waals surface area contributed by atoms with E-state index in [9.17, 15) is 9.59 Å². The standard InChI is InChI=1S/C15H18N6O2S/c1-9-10(13(16)23)7-18-14(19-9)11-3-2-5-21(11)8-12(22)20-15-17-4-6-24-15/h4,6-7,11H,2-3,5,8H2,1H3,(H2,16,23)(H,17,20,22)/t11-/m1/s1. The molecule has 1 fully saturated rings. The summed E-state index contributed by atoms with van der Waals surface area (Å²) in [5.41, 5.74) is 6.17. The lowest BCUT2D eigenvalue weighted by atomic mass is 10.1. The Morgan fingerprint density at radius 2 is 2.29 bits per heavy atom. The van der Waals surface area contributed by atoms with Crippen LogP contribution < -0.4 is 11.1 Å². The number of aromatic nitrogens is 3. The van der Waals surface area contributed by atoms with Gasteiger partial charge in [0.1, 0.15) is 5.82 Å². The SMILES string of the molecule is Cc1nc([C@H]2CCCN2CC(=O)Nc2nccs2)ncc1C(N)=O. The Hall–Kier alpha value is -2.39. The molecule has 24 heavy (non-hydrogen) atoms. The van der Waals surface area contributed by atoms with Crippen LogP contribution in [0.3, 0.4) is 0 Å². The van der Waals surface area contributed by atoms with Gasteiger partial charge in [-0.15, -0.1) is 11.3 Å². The number of nitrogens with zero attached hydrogens (tertiary/aromatic N) is 4. The molecule has 2 aromatic rings. The fraction of sp³-hybridized carbons (Fsp3) is 0.400. The van der Waals surface area contributed by atoms with Crippen LogP contribution in [0.15, 0.2) is 17.8 Å². The summed E-state index contributed by atoms with van der Waals surface area (Å²) in [6.45, 7) is 2.79. The summed E-state index contributed by atoms with van der Waals surface area (Å²) in [7, 11) is 0. The molecule has 1 aliphatic rings. The molecule has 3 N–H and O–H groups in total. The third-order valence-corrected chi connectivity index (χ3v) is 4.64. The molecule has 9 heteroatoms. The topological polar surface area (TPSA) is 114 Å². The lowest BCUT2D eigenvalue weighted by Gasteiger charge is -2.22. The van der Waals surface area contributed by atoms with Crippen molar-refractivity contribution in [3.05, 3.63) is 34.9 Å². The van der Waals surface area contributed by atoms with Gasteiger partial charge in [-0.3, -0.25) is 14.5 Å². The Balaban J connectivity index is 1.70. The van der Waals surface area contributed by atoms with Crippen molar-refractivity contribution in [2.24, 2.45) is 5.73 Å². The highest BCUT2D eigenvalue weighted by Crippen LogP contribution is 2.29. The first-order valence-corrected chi connectivity index (χ1v) is 8.49. The highest BCUT2D eigenvalue weighted by molar-refractivity contribution is 7.13. The first kappa shape index (κ1) is 16.5. The zero-order valence-electron chi connectivity index (χ0n) is 13.2. The Morgan fingerprint density at radius 3 is 2.96 bits per heavy atom. The Kier molecular flexibility index (Phi) is 4.81. The predicted octanol–water partition coefficient (Wildman–Crippen LogP) is 1.12. The van der Waals surface area contributed by atoms with Crippen molar-refractivity contribution in [3.63, 3.8) is 0 Å². The summed E-state index contributed by atoms with van der Waals surface area (Å²) in [5, 5.41) is 5.18. The zero-order chi connectivity index (χ0) is 17.1. The molecule has 3 heterocycles. The van der Waals surface area contributed by atoms with Gasteiger partial charge in [0.2, 0.25) is 5.91 Å². The summed E-state index contributed by atoms with van der Waals surface area (Å²) in [6.07, 6.45) is 4.96. The van der Waals surface area contributed by atoms with Crippen LogP contribution in [0.4, 0.5) is 5.13 Å². The third kappa shape index (κ3) is 3.57. The number of carbonyl (C=O) groups excluding carboxylic acids is 2. The van der Waals surface area contributed by atoms with Crippen LogP contribution >= 0.6 is 11.3 Å². The van der Waals surface area contributed by atoms with E-state index in [1.165, 1.54) is 17.5 Å². The van der Waals surface area contributed by atoms with Crippen LogP contribution in [0.5, 0.6) is 0 Å². The van der Waals surface area contributed by atoms with Gasteiger partial charge in [0, 0.05) is 17.8 Å². The van der Waals surface area contributed by atoms with E-state index in [-0.39, 0.29) is 18.5 Å². The minimum Gasteiger partial charge on any atom is -0.365 e. The van der Waals surface area contributed by atoms with E-state index >= 15 is 0 Å². The maximum atomic E-state index is 12.2. The number of amides is 2. The summed E-state index contributed by atoms with van der Waals surface area (Å²) in [5.74, 6) is -0.0236. The Labute approximate surface area is 143 Å².